The fourth-order valence-corrected chi connectivity index (χ4v) is 5.26. The average molecular weight is 375 g/mol. The normalized spacial score (nSPS) is 22.6. The Hall–Kier alpha value is -1.72. The van der Waals surface area contributed by atoms with Gasteiger partial charge in [-0.2, -0.15) is 0 Å². The molecule has 0 saturated carbocycles. The number of nitrogens with zero attached hydrogens (tertiary/aromatic N) is 2. The van der Waals surface area contributed by atoms with Gasteiger partial charge in [0.1, 0.15) is 0 Å². The molecule has 0 radical (unpaired) electrons. The number of carbonyl (C=O) groups is 1. The third kappa shape index (κ3) is 2.70. The zero-order chi connectivity index (χ0) is 17.6. The number of hydrogen-bond acceptors (Lipinski definition) is 5. The molecule has 0 spiro atoms. The molecule has 1 atom stereocenters. The minimum atomic E-state index is -0.347. The Morgan fingerprint density at radius 3 is 2.84 bits per heavy atom. The van der Waals surface area contributed by atoms with E-state index < -0.39 is 0 Å². The molecule has 2 aliphatic heterocycles. The molecule has 4 nitrogen and oxygen atoms in total. The maximum absolute atomic E-state index is 12.6. The van der Waals surface area contributed by atoms with Crippen LogP contribution in [0.25, 0.3) is 0 Å². The summed E-state index contributed by atoms with van der Waals surface area (Å²) in [5.74, 6) is -0.347. The molecule has 4 rings (SSSR count). The van der Waals surface area contributed by atoms with Crippen molar-refractivity contribution in [3.05, 3.63) is 56.7 Å². The van der Waals surface area contributed by atoms with Crippen LogP contribution in [0.1, 0.15) is 44.2 Å². The summed E-state index contributed by atoms with van der Waals surface area (Å²) in [5, 5.41) is 1.60. The van der Waals surface area contributed by atoms with Crippen LogP contribution in [0, 0.1) is 0 Å². The molecule has 0 N–H and O–H groups in total. The first-order chi connectivity index (χ1) is 12.1. The highest BCUT2D eigenvalue weighted by atomic mass is 35.5. The predicted molar refractivity (Wildman–Crippen MR) is 101 cm³/mol. The highest BCUT2D eigenvalue weighted by Gasteiger charge is 2.43. The second-order valence-corrected chi connectivity index (χ2v) is 7.83. The van der Waals surface area contributed by atoms with E-state index in [2.05, 4.69) is 4.90 Å². The fourth-order valence-electron chi connectivity index (χ4n) is 3.74. The largest absolute Gasteiger partial charge is 0.466 e. The Morgan fingerprint density at radius 1 is 1.32 bits per heavy atom. The number of thioether (sulfide) groups is 1. The number of carbonyl (C=O) groups excluding carboxylic acids is 1. The summed E-state index contributed by atoms with van der Waals surface area (Å²) in [4.78, 5) is 20.9. The van der Waals surface area contributed by atoms with Crippen molar-refractivity contribution >= 4 is 34.5 Å². The number of benzene rings is 1. The smallest absolute Gasteiger partial charge is 0.338 e. The number of fused-ring (bicyclic) bond motifs is 2. The van der Waals surface area contributed by atoms with E-state index in [1.54, 1.807) is 11.8 Å². The number of aliphatic imine (C=N–C) groups is 1. The molecule has 0 fully saturated rings. The van der Waals surface area contributed by atoms with Crippen molar-refractivity contribution in [3.63, 3.8) is 0 Å². The van der Waals surface area contributed by atoms with Crippen molar-refractivity contribution < 1.29 is 9.53 Å². The molecule has 0 amide bonds. The number of halogens is 1. The van der Waals surface area contributed by atoms with Gasteiger partial charge in [-0.3, -0.25) is 0 Å². The van der Waals surface area contributed by atoms with Crippen molar-refractivity contribution in [1.82, 2.24) is 4.90 Å². The second kappa shape index (κ2) is 6.54. The number of methoxy groups -OCH3 is 1. The standard InChI is InChI=1S/C19H19ClN2O2S/c1-11-16(18(23)24-2)17(12-7-3-4-8-13(12)20)22-14-9-5-6-10-15(14)25-19(22)21-11/h3-4,7-8,17H,5-6,9-10H2,1-2H3. The summed E-state index contributed by atoms with van der Waals surface area (Å²) in [5.41, 5.74) is 3.47. The Labute approximate surface area is 156 Å². The zero-order valence-corrected chi connectivity index (χ0v) is 15.8. The van der Waals surface area contributed by atoms with Crippen LogP contribution in [0.5, 0.6) is 0 Å². The zero-order valence-electron chi connectivity index (χ0n) is 14.2. The molecule has 0 bridgehead atoms. The third-order valence-corrected chi connectivity index (χ3v) is 6.39. The Morgan fingerprint density at radius 2 is 2.08 bits per heavy atom. The van der Waals surface area contributed by atoms with E-state index in [4.69, 9.17) is 21.3 Å². The fraction of sp³-hybridized carbons (Fsp3) is 0.368. The van der Waals surface area contributed by atoms with Gasteiger partial charge in [0.15, 0.2) is 5.17 Å². The van der Waals surface area contributed by atoms with E-state index in [9.17, 15) is 4.79 Å². The number of amidine groups is 1. The van der Waals surface area contributed by atoms with E-state index in [1.165, 1.54) is 24.1 Å². The average Bonchev–Trinajstić information content (AvgIpc) is 2.98. The summed E-state index contributed by atoms with van der Waals surface area (Å²) in [6, 6.07) is 7.43. The first-order valence-corrected chi connectivity index (χ1v) is 9.62. The summed E-state index contributed by atoms with van der Waals surface area (Å²) in [6.45, 7) is 1.87. The first-order valence-electron chi connectivity index (χ1n) is 8.43. The third-order valence-electron chi connectivity index (χ3n) is 4.89. The molecule has 1 unspecified atom stereocenters. The molecule has 6 heteroatoms. The molecule has 1 aromatic carbocycles. The lowest BCUT2D eigenvalue weighted by Crippen LogP contribution is -2.36. The van der Waals surface area contributed by atoms with Gasteiger partial charge in [0, 0.05) is 15.6 Å². The highest BCUT2D eigenvalue weighted by Crippen LogP contribution is 2.51. The summed E-state index contributed by atoms with van der Waals surface area (Å²) in [7, 11) is 1.41. The predicted octanol–water partition coefficient (Wildman–Crippen LogP) is 5.03. The topological polar surface area (TPSA) is 41.9 Å². The number of esters is 1. The van der Waals surface area contributed by atoms with Crippen LogP contribution in [0.4, 0.5) is 0 Å². The summed E-state index contributed by atoms with van der Waals surface area (Å²) < 4.78 is 5.08. The van der Waals surface area contributed by atoms with Crippen LogP contribution < -0.4 is 0 Å². The van der Waals surface area contributed by atoms with Crippen LogP contribution in [0.2, 0.25) is 5.02 Å². The number of hydrogen-bond donors (Lipinski definition) is 0. The van der Waals surface area contributed by atoms with E-state index >= 15 is 0 Å². The summed E-state index contributed by atoms with van der Waals surface area (Å²) >= 11 is 8.25. The SMILES string of the molecule is COC(=O)C1=C(C)N=C2SC3=C(CCCC3)N2C1c1ccccc1Cl. The van der Waals surface area contributed by atoms with Gasteiger partial charge in [0.25, 0.3) is 0 Å². The monoisotopic (exact) mass is 374 g/mol. The van der Waals surface area contributed by atoms with Crippen LogP contribution in [0.3, 0.4) is 0 Å². The maximum atomic E-state index is 12.6. The second-order valence-electron chi connectivity index (χ2n) is 6.36. The van der Waals surface area contributed by atoms with Crippen molar-refractivity contribution in [2.24, 2.45) is 4.99 Å². The van der Waals surface area contributed by atoms with Crippen LogP contribution in [0.15, 0.2) is 51.1 Å². The molecule has 0 aromatic heterocycles. The maximum Gasteiger partial charge on any atom is 0.338 e. The van der Waals surface area contributed by atoms with E-state index in [0.29, 0.717) is 16.3 Å². The van der Waals surface area contributed by atoms with Gasteiger partial charge in [-0.15, -0.1) is 0 Å². The van der Waals surface area contributed by atoms with E-state index in [0.717, 1.165) is 30.0 Å². The van der Waals surface area contributed by atoms with Gasteiger partial charge in [-0.1, -0.05) is 41.6 Å². The molecule has 1 aromatic rings. The van der Waals surface area contributed by atoms with Gasteiger partial charge >= 0.3 is 5.97 Å². The molecule has 0 saturated heterocycles. The van der Waals surface area contributed by atoms with Gasteiger partial charge < -0.3 is 9.64 Å². The van der Waals surface area contributed by atoms with Crippen molar-refractivity contribution in [1.29, 1.82) is 0 Å². The van der Waals surface area contributed by atoms with Gasteiger partial charge in [-0.25, -0.2) is 9.79 Å². The quantitative estimate of drug-likeness (QED) is 0.680. The van der Waals surface area contributed by atoms with Crippen molar-refractivity contribution in [2.75, 3.05) is 7.11 Å². The van der Waals surface area contributed by atoms with Crippen molar-refractivity contribution in [3.8, 4) is 0 Å². The van der Waals surface area contributed by atoms with Gasteiger partial charge in [0.05, 0.1) is 24.4 Å². The molecule has 130 valence electrons. The molecular weight excluding hydrogens is 356 g/mol. The molecule has 3 aliphatic rings. The van der Waals surface area contributed by atoms with Gasteiger partial charge in [-0.05, 0) is 44.2 Å². The van der Waals surface area contributed by atoms with Crippen LogP contribution >= 0.6 is 23.4 Å². The minimum Gasteiger partial charge on any atom is -0.466 e. The Bertz CT molecular complexity index is 844. The molecule has 1 aliphatic carbocycles. The van der Waals surface area contributed by atoms with E-state index in [1.807, 2.05) is 31.2 Å². The number of rotatable bonds is 2. The number of ether oxygens (including phenoxy) is 1. The Balaban J connectivity index is 1.91. The Kier molecular flexibility index (Phi) is 4.38. The van der Waals surface area contributed by atoms with Gasteiger partial charge in [0.2, 0.25) is 0 Å². The molecule has 2 heterocycles. The van der Waals surface area contributed by atoms with E-state index in [-0.39, 0.29) is 12.0 Å². The lowest BCUT2D eigenvalue weighted by atomic mass is 9.92. The lowest BCUT2D eigenvalue weighted by Gasteiger charge is -2.37. The number of allylic oxidation sites excluding steroid dienone is 3. The highest BCUT2D eigenvalue weighted by molar-refractivity contribution is 8.17. The minimum absolute atomic E-state index is 0.285. The lowest BCUT2D eigenvalue weighted by molar-refractivity contribution is -0.136. The van der Waals surface area contributed by atoms with Crippen molar-refractivity contribution in [2.45, 2.75) is 38.6 Å². The first kappa shape index (κ1) is 16.7. The summed E-state index contributed by atoms with van der Waals surface area (Å²) in [6.07, 6.45) is 4.46. The molecule has 25 heavy (non-hydrogen) atoms. The molecular formula is C19H19ClN2O2S. The van der Waals surface area contributed by atoms with Crippen LogP contribution in [-0.2, 0) is 9.53 Å². The van der Waals surface area contributed by atoms with Crippen LogP contribution in [-0.4, -0.2) is 23.1 Å².